The van der Waals surface area contributed by atoms with Crippen LogP contribution in [-0.2, 0) is 11.2 Å². The van der Waals surface area contributed by atoms with Crippen molar-refractivity contribution in [3.8, 4) is 11.3 Å². The van der Waals surface area contributed by atoms with Crippen LogP contribution in [0.4, 0.5) is 15.2 Å². The van der Waals surface area contributed by atoms with Crippen molar-refractivity contribution < 1.29 is 14.0 Å². The average Bonchev–Trinajstić information content (AvgIpc) is 3.19. The molecule has 1 N–H and O–H groups in total. The van der Waals surface area contributed by atoms with Crippen molar-refractivity contribution in [2.45, 2.75) is 33.2 Å². The Kier molecular flexibility index (Phi) is 4.92. The number of anilines is 2. The van der Waals surface area contributed by atoms with Crippen LogP contribution in [0.15, 0.2) is 42.5 Å². The summed E-state index contributed by atoms with van der Waals surface area (Å²) < 4.78 is 13.4. The number of thiazole rings is 1. The van der Waals surface area contributed by atoms with Crippen LogP contribution in [0.1, 0.15) is 34.6 Å². The van der Waals surface area contributed by atoms with Gasteiger partial charge in [0.2, 0.25) is 5.91 Å². The highest BCUT2D eigenvalue weighted by atomic mass is 32.1. The Balaban J connectivity index is 1.60. The van der Waals surface area contributed by atoms with Crippen molar-refractivity contribution >= 4 is 34.0 Å². The van der Waals surface area contributed by atoms with Gasteiger partial charge in [0, 0.05) is 34.7 Å². The van der Waals surface area contributed by atoms with Crippen molar-refractivity contribution in [3.05, 3.63) is 64.3 Å². The topological polar surface area (TPSA) is 62.3 Å². The van der Waals surface area contributed by atoms with E-state index in [4.69, 9.17) is 0 Å². The number of aryl methyl sites for hydroxylation is 1. The molecule has 0 fully saturated rings. The van der Waals surface area contributed by atoms with E-state index in [1.807, 2.05) is 30.9 Å². The van der Waals surface area contributed by atoms with Gasteiger partial charge in [-0.25, -0.2) is 9.37 Å². The number of rotatable bonds is 3. The quantitative estimate of drug-likeness (QED) is 0.675. The Labute approximate surface area is 172 Å². The monoisotopic (exact) mass is 409 g/mol. The second kappa shape index (κ2) is 7.40. The van der Waals surface area contributed by atoms with Crippen molar-refractivity contribution in [2.75, 3.05) is 10.2 Å². The van der Waals surface area contributed by atoms with E-state index in [0.717, 1.165) is 33.8 Å². The molecule has 0 saturated heterocycles. The molecule has 0 spiro atoms. The molecule has 0 bridgehead atoms. The first-order chi connectivity index (χ1) is 13.8. The molecule has 29 heavy (non-hydrogen) atoms. The maximum Gasteiger partial charge on any atom is 0.257 e. The number of carbonyl (C=O) groups excluding carboxylic acids is 2. The van der Waals surface area contributed by atoms with Crippen molar-refractivity contribution in [3.63, 3.8) is 0 Å². The van der Waals surface area contributed by atoms with Crippen LogP contribution in [0.25, 0.3) is 11.3 Å². The molecule has 5 nitrogen and oxygen atoms in total. The first kappa shape index (κ1) is 19.3. The molecular formula is C22H20FN3O2S. The van der Waals surface area contributed by atoms with Gasteiger partial charge in [0.05, 0.1) is 5.69 Å². The minimum atomic E-state index is -0.458. The fourth-order valence-corrected chi connectivity index (χ4v) is 4.61. The van der Waals surface area contributed by atoms with Crippen LogP contribution in [0.5, 0.6) is 0 Å². The number of hydrogen-bond donors (Lipinski definition) is 1. The molecule has 1 atom stereocenters. The van der Waals surface area contributed by atoms with E-state index < -0.39 is 11.7 Å². The van der Waals surface area contributed by atoms with Gasteiger partial charge in [-0.1, -0.05) is 12.1 Å². The summed E-state index contributed by atoms with van der Waals surface area (Å²) in [6.07, 6.45) is 0.801. The lowest BCUT2D eigenvalue weighted by Gasteiger charge is -2.20. The second-order valence-corrected chi connectivity index (χ2v) is 8.38. The molecule has 0 radical (unpaired) electrons. The fraction of sp³-hybridized carbons (Fsp3) is 0.227. The molecular weight excluding hydrogens is 389 g/mol. The van der Waals surface area contributed by atoms with Gasteiger partial charge in [0.1, 0.15) is 5.82 Å². The summed E-state index contributed by atoms with van der Waals surface area (Å²) in [5, 5.41) is 3.21. The van der Waals surface area contributed by atoms with E-state index in [-0.39, 0.29) is 17.5 Å². The fourth-order valence-electron chi connectivity index (χ4n) is 3.78. The Bertz CT molecular complexity index is 1120. The first-order valence-electron chi connectivity index (χ1n) is 9.31. The number of aromatic nitrogens is 1. The third-order valence-electron chi connectivity index (χ3n) is 5.01. The molecule has 1 aliphatic rings. The highest BCUT2D eigenvalue weighted by Gasteiger charge is 2.29. The Morgan fingerprint density at radius 1 is 1.24 bits per heavy atom. The highest BCUT2D eigenvalue weighted by molar-refractivity contribution is 7.16. The van der Waals surface area contributed by atoms with Gasteiger partial charge in [0.15, 0.2) is 5.13 Å². The zero-order valence-electron chi connectivity index (χ0n) is 16.3. The van der Waals surface area contributed by atoms with E-state index in [1.165, 1.54) is 29.5 Å². The zero-order chi connectivity index (χ0) is 20.7. The third-order valence-corrected chi connectivity index (χ3v) is 5.90. The SMILES string of the molecule is CC(=O)N1c2ccc(-c3nc(NC(=O)c4cccc(F)c4)sc3C)cc2CC1C. The third kappa shape index (κ3) is 3.65. The molecule has 2 amide bonds. The number of amides is 2. The number of benzene rings is 2. The van der Waals surface area contributed by atoms with E-state index >= 15 is 0 Å². The minimum absolute atomic E-state index is 0.0381. The van der Waals surface area contributed by atoms with E-state index in [9.17, 15) is 14.0 Å². The number of fused-ring (bicyclic) bond motifs is 1. The lowest BCUT2D eigenvalue weighted by molar-refractivity contribution is -0.116. The van der Waals surface area contributed by atoms with Crippen LogP contribution >= 0.6 is 11.3 Å². The standard InChI is InChI=1S/C22H20FN3O2S/c1-12-9-17-10-15(7-8-19(17)26(12)14(3)27)20-13(2)29-22(24-20)25-21(28)16-5-4-6-18(23)11-16/h4-8,10-12H,9H2,1-3H3,(H,24,25,28). The number of carbonyl (C=O) groups is 2. The molecule has 1 aromatic heterocycles. The van der Waals surface area contributed by atoms with Crippen LogP contribution in [0.3, 0.4) is 0 Å². The summed E-state index contributed by atoms with van der Waals surface area (Å²) in [5.41, 5.74) is 4.04. The molecule has 2 aromatic carbocycles. The molecule has 2 heterocycles. The maximum atomic E-state index is 13.4. The Morgan fingerprint density at radius 2 is 2.03 bits per heavy atom. The van der Waals surface area contributed by atoms with Crippen LogP contribution in [0.2, 0.25) is 0 Å². The highest BCUT2D eigenvalue weighted by Crippen LogP contribution is 2.37. The summed E-state index contributed by atoms with van der Waals surface area (Å²) in [7, 11) is 0. The van der Waals surface area contributed by atoms with Crippen LogP contribution < -0.4 is 10.2 Å². The zero-order valence-corrected chi connectivity index (χ0v) is 17.1. The molecule has 148 valence electrons. The lowest BCUT2D eigenvalue weighted by atomic mass is 10.0. The molecule has 0 aliphatic carbocycles. The normalized spacial score (nSPS) is 15.3. The summed E-state index contributed by atoms with van der Waals surface area (Å²) >= 11 is 1.37. The number of halogens is 1. The maximum absolute atomic E-state index is 13.4. The number of hydrogen-bond acceptors (Lipinski definition) is 4. The van der Waals surface area contributed by atoms with Gasteiger partial charge >= 0.3 is 0 Å². The number of nitrogens with zero attached hydrogens (tertiary/aromatic N) is 2. The molecule has 1 aliphatic heterocycles. The van der Waals surface area contributed by atoms with Gasteiger partial charge < -0.3 is 4.90 Å². The van der Waals surface area contributed by atoms with E-state index in [0.29, 0.717) is 5.13 Å². The molecule has 3 aromatic rings. The largest absolute Gasteiger partial charge is 0.309 e. The molecule has 4 rings (SSSR count). The minimum Gasteiger partial charge on any atom is -0.309 e. The van der Waals surface area contributed by atoms with Crippen LogP contribution in [-0.4, -0.2) is 22.8 Å². The number of nitrogens with one attached hydrogen (secondary N) is 1. The summed E-state index contributed by atoms with van der Waals surface area (Å²) in [5.74, 6) is -0.818. The van der Waals surface area contributed by atoms with Crippen molar-refractivity contribution in [1.82, 2.24) is 4.98 Å². The van der Waals surface area contributed by atoms with E-state index in [2.05, 4.69) is 16.4 Å². The van der Waals surface area contributed by atoms with Crippen LogP contribution in [0, 0.1) is 12.7 Å². The summed E-state index contributed by atoms with van der Waals surface area (Å²) in [6.45, 7) is 5.56. The molecule has 7 heteroatoms. The lowest BCUT2D eigenvalue weighted by Crippen LogP contribution is -2.33. The summed E-state index contributed by atoms with van der Waals surface area (Å²) in [6, 6.07) is 11.7. The van der Waals surface area contributed by atoms with Gasteiger partial charge in [-0.15, -0.1) is 11.3 Å². The van der Waals surface area contributed by atoms with Gasteiger partial charge in [0.25, 0.3) is 5.91 Å². The Morgan fingerprint density at radius 3 is 2.76 bits per heavy atom. The summed E-state index contributed by atoms with van der Waals surface area (Å²) in [4.78, 5) is 31.7. The predicted octanol–water partition coefficient (Wildman–Crippen LogP) is 4.81. The van der Waals surface area contributed by atoms with Gasteiger partial charge in [-0.3, -0.25) is 14.9 Å². The Hall–Kier alpha value is -3.06. The molecule has 0 saturated carbocycles. The average molecular weight is 409 g/mol. The van der Waals surface area contributed by atoms with Gasteiger partial charge in [-0.05, 0) is 56.2 Å². The van der Waals surface area contributed by atoms with Crippen molar-refractivity contribution in [2.24, 2.45) is 0 Å². The molecule has 1 unspecified atom stereocenters. The smallest absolute Gasteiger partial charge is 0.257 e. The second-order valence-electron chi connectivity index (χ2n) is 7.17. The van der Waals surface area contributed by atoms with E-state index in [1.54, 1.807) is 13.0 Å². The first-order valence-corrected chi connectivity index (χ1v) is 10.1. The van der Waals surface area contributed by atoms with Crippen molar-refractivity contribution in [1.29, 1.82) is 0 Å². The van der Waals surface area contributed by atoms with Gasteiger partial charge in [-0.2, -0.15) is 0 Å². The predicted molar refractivity (Wildman–Crippen MR) is 113 cm³/mol.